The van der Waals surface area contributed by atoms with Crippen LogP contribution in [0.2, 0.25) is 0 Å². The quantitative estimate of drug-likeness (QED) is 0.535. The van der Waals surface area contributed by atoms with Gasteiger partial charge in [0.15, 0.2) is 9.89 Å². The Bertz CT molecular complexity index is 702. The smallest absolute Gasteiger partial charge is 0.185 e. The van der Waals surface area contributed by atoms with E-state index in [0.717, 1.165) is 23.4 Å². The maximum absolute atomic E-state index is 10.8. The van der Waals surface area contributed by atoms with Crippen molar-refractivity contribution in [3.8, 4) is 17.5 Å². The largest absolute Gasteiger partial charge is 0.337 e. The van der Waals surface area contributed by atoms with Gasteiger partial charge in [0.1, 0.15) is 0 Å². The van der Waals surface area contributed by atoms with Crippen molar-refractivity contribution in [3.63, 3.8) is 0 Å². The number of hydrogen-bond donors (Lipinski definition) is 1. The van der Waals surface area contributed by atoms with Crippen molar-refractivity contribution in [2.75, 3.05) is 5.75 Å². The number of nitrogens with one attached hydrogen (secondary N) is 1. The molecule has 0 spiro atoms. The molecule has 102 valence electrons. The van der Waals surface area contributed by atoms with Gasteiger partial charge in [-0.3, -0.25) is 9.36 Å². The molecule has 0 aliphatic heterocycles. The van der Waals surface area contributed by atoms with Crippen molar-refractivity contribution in [3.05, 3.63) is 47.0 Å². The summed E-state index contributed by atoms with van der Waals surface area (Å²) in [7, 11) is 0. The number of rotatable bonds is 3. The normalized spacial score (nSPS) is 9.85. The molecule has 1 aromatic carbocycles. The second-order valence-corrected chi connectivity index (χ2v) is 5.73. The Labute approximate surface area is 127 Å². The van der Waals surface area contributed by atoms with Gasteiger partial charge in [0.25, 0.3) is 0 Å². The summed E-state index contributed by atoms with van der Waals surface area (Å²) in [5, 5.41) is 0.138. The van der Waals surface area contributed by atoms with E-state index < -0.39 is 0 Å². The van der Waals surface area contributed by atoms with Crippen LogP contribution in [0.3, 0.4) is 0 Å². The maximum atomic E-state index is 10.8. The molecule has 1 aromatic heterocycles. The zero-order valence-corrected chi connectivity index (χ0v) is 12.7. The van der Waals surface area contributed by atoms with Gasteiger partial charge < -0.3 is 4.98 Å². The first-order valence-corrected chi connectivity index (χ1v) is 7.55. The number of hydrogen-bond acceptors (Lipinski definition) is 3. The molecule has 1 N–H and O–H groups in total. The average Bonchev–Trinajstić information content (AvgIpc) is 2.85. The molecule has 2 rings (SSSR count). The molecule has 0 saturated heterocycles. The predicted octanol–water partition coefficient (Wildman–Crippen LogP) is 3.56. The first-order chi connectivity index (χ1) is 9.66. The summed E-state index contributed by atoms with van der Waals surface area (Å²) in [5.74, 6) is 6.90. The minimum Gasteiger partial charge on any atom is -0.337 e. The Balaban J connectivity index is 1.99. The van der Waals surface area contributed by atoms with Crippen molar-refractivity contribution in [2.45, 2.75) is 13.3 Å². The van der Waals surface area contributed by atoms with Gasteiger partial charge in [-0.05, 0) is 36.5 Å². The standard InChI is InChI=1S/C15H14N2OS2/c1-12(18)20-11-3-2-4-13-5-7-14(8-6-13)17-10-9-16-15(17)19/h5-10H,3,11H2,1H3,(H,16,19). The fourth-order valence-corrected chi connectivity index (χ4v) is 2.37. The minimum absolute atomic E-state index is 0.138. The van der Waals surface area contributed by atoms with Crippen LogP contribution >= 0.6 is 24.0 Å². The summed E-state index contributed by atoms with van der Waals surface area (Å²) in [6.07, 6.45) is 4.42. The molecule has 0 amide bonds. The fourth-order valence-electron chi connectivity index (χ4n) is 1.64. The molecule has 0 aliphatic rings. The number of H-pyrrole nitrogens is 1. The van der Waals surface area contributed by atoms with Crippen molar-refractivity contribution in [2.24, 2.45) is 0 Å². The summed E-state index contributed by atoms with van der Waals surface area (Å²) in [5.41, 5.74) is 1.97. The van der Waals surface area contributed by atoms with Gasteiger partial charge in [0.05, 0.1) is 0 Å². The molecular formula is C15H14N2OS2. The molecule has 0 radical (unpaired) electrons. The lowest BCUT2D eigenvalue weighted by Crippen LogP contribution is -1.91. The SMILES string of the molecule is CC(=O)SCCC#Cc1ccc(-n2cc[nH]c2=S)cc1. The van der Waals surface area contributed by atoms with Gasteiger partial charge >= 0.3 is 0 Å². The van der Waals surface area contributed by atoms with Crippen LogP contribution in [0.4, 0.5) is 0 Å². The van der Waals surface area contributed by atoms with Crippen molar-refractivity contribution in [1.82, 2.24) is 9.55 Å². The van der Waals surface area contributed by atoms with Crippen LogP contribution in [-0.2, 0) is 4.79 Å². The van der Waals surface area contributed by atoms with Crippen molar-refractivity contribution in [1.29, 1.82) is 0 Å². The lowest BCUT2D eigenvalue weighted by Gasteiger charge is -2.01. The van der Waals surface area contributed by atoms with E-state index in [-0.39, 0.29) is 5.12 Å². The third-order valence-electron chi connectivity index (χ3n) is 2.56. The number of carbonyl (C=O) groups excluding carboxylic acids is 1. The fraction of sp³-hybridized carbons (Fsp3) is 0.200. The number of imidazole rings is 1. The molecule has 20 heavy (non-hydrogen) atoms. The van der Waals surface area contributed by atoms with E-state index in [9.17, 15) is 4.79 Å². The summed E-state index contributed by atoms with van der Waals surface area (Å²) >= 11 is 6.48. The molecule has 0 fully saturated rings. The molecule has 0 bridgehead atoms. The first kappa shape index (κ1) is 14.6. The van der Waals surface area contributed by atoms with E-state index in [0.29, 0.717) is 4.77 Å². The molecule has 0 atom stereocenters. The molecule has 0 aliphatic carbocycles. The van der Waals surface area contributed by atoms with E-state index in [1.165, 1.54) is 11.8 Å². The summed E-state index contributed by atoms with van der Waals surface area (Å²) in [6.45, 7) is 1.57. The second-order valence-electron chi connectivity index (χ2n) is 4.07. The highest BCUT2D eigenvalue weighted by atomic mass is 32.2. The zero-order chi connectivity index (χ0) is 14.4. The van der Waals surface area contributed by atoms with Crippen LogP contribution in [0.25, 0.3) is 5.69 Å². The zero-order valence-electron chi connectivity index (χ0n) is 11.1. The topological polar surface area (TPSA) is 37.8 Å². The molecule has 0 unspecified atom stereocenters. The van der Waals surface area contributed by atoms with Crippen LogP contribution in [0.1, 0.15) is 18.9 Å². The molecule has 0 saturated carbocycles. The molecule has 3 nitrogen and oxygen atoms in total. The Morgan fingerprint density at radius 3 is 2.75 bits per heavy atom. The number of thioether (sulfide) groups is 1. The summed E-state index contributed by atoms with van der Waals surface area (Å²) < 4.78 is 2.57. The molecule has 5 heteroatoms. The van der Waals surface area contributed by atoms with E-state index >= 15 is 0 Å². The van der Waals surface area contributed by atoms with Crippen LogP contribution in [0, 0.1) is 16.6 Å². The van der Waals surface area contributed by atoms with Crippen molar-refractivity contribution >= 4 is 29.1 Å². The lowest BCUT2D eigenvalue weighted by molar-refractivity contribution is -0.109. The summed E-state index contributed by atoms with van der Waals surface area (Å²) in [4.78, 5) is 13.7. The van der Waals surface area contributed by atoms with E-state index in [2.05, 4.69) is 16.8 Å². The van der Waals surface area contributed by atoms with Crippen LogP contribution < -0.4 is 0 Å². The van der Waals surface area contributed by atoms with E-state index in [4.69, 9.17) is 12.2 Å². The third-order valence-corrected chi connectivity index (χ3v) is 3.69. The predicted molar refractivity (Wildman–Crippen MR) is 85.6 cm³/mol. The number of benzene rings is 1. The molecule has 1 heterocycles. The van der Waals surface area contributed by atoms with Gasteiger partial charge in [0, 0.05) is 42.7 Å². The van der Waals surface area contributed by atoms with Crippen LogP contribution in [0.5, 0.6) is 0 Å². The highest BCUT2D eigenvalue weighted by Crippen LogP contribution is 2.10. The van der Waals surface area contributed by atoms with Crippen LogP contribution in [0.15, 0.2) is 36.7 Å². The number of aromatic amines is 1. The Kier molecular flexibility index (Phi) is 5.22. The minimum atomic E-state index is 0.138. The van der Waals surface area contributed by atoms with Gasteiger partial charge in [-0.15, -0.1) is 0 Å². The van der Waals surface area contributed by atoms with Gasteiger partial charge in [-0.25, -0.2) is 0 Å². The Morgan fingerprint density at radius 2 is 2.15 bits per heavy atom. The highest BCUT2D eigenvalue weighted by molar-refractivity contribution is 8.13. The molecule has 2 aromatic rings. The first-order valence-electron chi connectivity index (χ1n) is 6.15. The number of carbonyl (C=O) groups is 1. The van der Waals surface area contributed by atoms with Gasteiger partial charge in [0.2, 0.25) is 0 Å². The van der Waals surface area contributed by atoms with Gasteiger partial charge in [-0.2, -0.15) is 0 Å². The number of aromatic nitrogens is 2. The average molecular weight is 302 g/mol. The van der Waals surface area contributed by atoms with Crippen molar-refractivity contribution < 1.29 is 4.79 Å². The summed E-state index contributed by atoms with van der Waals surface area (Å²) in [6, 6.07) is 7.90. The Morgan fingerprint density at radius 1 is 1.40 bits per heavy atom. The molecular weight excluding hydrogens is 288 g/mol. The lowest BCUT2D eigenvalue weighted by atomic mass is 10.2. The van der Waals surface area contributed by atoms with E-state index in [1.807, 2.05) is 41.2 Å². The monoisotopic (exact) mass is 302 g/mol. The Hall–Kier alpha value is -1.77. The number of nitrogens with zero attached hydrogens (tertiary/aromatic N) is 1. The second kappa shape index (κ2) is 7.13. The highest BCUT2D eigenvalue weighted by Gasteiger charge is 1.96. The van der Waals surface area contributed by atoms with E-state index in [1.54, 1.807) is 6.92 Å². The van der Waals surface area contributed by atoms with Crippen LogP contribution in [-0.4, -0.2) is 20.4 Å². The third kappa shape index (κ3) is 4.12. The van der Waals surface area contributed by atoms with Gasteiger partial charge in [-0.1, -0.05) is 23.6 Å². The maximum Gasteiger partial charge on any atom is 0.185 e.